The Hall–Kier alpha value is -2.44. The Balaban J connectivity index is 1.51. The summed E-state index contributed by atoms with van der Waals surface area (Å²) in [5.74, 6) is 0.679. The normalized spacial score (nSPS) is 21.7. The molecular weight excluding hydrogens is 357 g/mol. The van der Waals surface area contributed by atoms with Gasteiger partial charge in [-0.3, -0.25) is 4.79 Å². The maximum atomic E-state index is 13.3. The second-order valence-corrected chi connectivity index (χ2v) is 7.48. The molecule has 148 valence electrons. The average Bonchev–Trinajstić information content (AvgIpc) is 2.72. The van der Waals surface area contributed by atoms with E-state index in [1.165, 1.54) is 12.1 Å². The van der Waals surface area contributed by atoms with Gasteiger partial charge in [0.25, 0.3) is 0 Å². The van der Waals surface area contributed by atoms with Crippen LogP contribution in [0.1, 0.15) is 42.0 Å². The highest BCUT2D eigenvalue weighted by Crippen LogP contribution is 2.31. The fourth-order valence-corrected chi connectivity index (χ4v) is 4.15. The van der Waals surface area contributed by atoms with Gasteiger partial charge in [0.2, 0.25) is 5.91 Å². The summed E-state index contributed by atoms with van der Waals surface area (Å²) in [6, 6.07) is 11.1. The quantitative estimate of drug-likeness (QED) is 0.741. The standard InChI is InChI=1S/C22H26FN3O2/c1-28-20-12-15-6-9-21(27)26-19(15)11-16(20)13-25-18-3-2-10-24-22(18)14-4-7-17(23)8-5-14/h4-5,7-8,11-12,18,22,24-25H,2-3,6,9-10,13H2,1H3,(H,26,27). The van der Waals surface area contributed by atoms with Gasteiger partial charge < -0.3 is 20.7 Å². The number of anilines is 1. The third-order valence-electron chi connectivity index (χ3n) is 5.64. The zero-order valence-corrected chi connectivity index (χ0v) is 16.1. The van der Waals surface area contributed by atoms with Gasteiger partial charge in [-0.1, -0.05) is 12.1 Å². The molecule has 0 aromatic heterocycles. The van der Waals surface area contributed by atoms with E-state index in [1.807, 2.05) is 24.3 Å². The summed E-state index contributed by atoms with van der Waals surface area (Å²) < 4.78 is 18.9. The van der Waals surface area contributed by atoms with Crippen molar-refractivity contribution in [2.45, 2.75) is 44.3 Å². The van der Waals surface area contributed by atoms with E-state index in [0.717, 1.165) is 53.9 Å². The third kappa shape index (κ3) is 4.03. The van der Waals surface area contributed by atoms with E-state index >= 15 is 0 Å². The zero-order valence-electron chi connectivity index (χ0n) is 16.1. The number of hydrogen-bond donors (Lipinski definition) is 3. The molecule has 0 spiro atoms. The number of piperidine rings is 1. The number of methoxy groups -OCH3 is 1. The first kappa shape index (κ1) is 18.9. The number of carbonyl (C=O) groups excluding carboxylic acids is 1. The summed E-state index contributed by atoms with van der Waals surface area (Å²) in [5.41, 5.74) is 4.10. The first-order valence-corrected chi connectivity index (χ1v) is 9.86. The van der Waals surface area contributed by atoms with Gasteiger partial charge in [0.1, 0.15) is 11.6 Å². The number of nitrogens with one attached hydrogen (secondary N) is 3. The molecule has 1 fully saturated rings. The molecule has 0 aliphatic carbocycles. The molecule has 2 heterocycles. The second kappa shape index (κ2) is 8.29. The molecule has 0 bridgehead atoms. The highest BCUT2D eigenvalue weighted by molar-refractivity contribution is 5.94. The Labute approximate surface area is 164 Å². The molecule has 0 saturated carbocycles. The van der Waals surface area contributed by atoms with Crippen molar-refractivity contribution in [3.05, 3.63) is 58.9 Å². The summed E-state index contributed by atoms with van der Waals surface area (Å²) in [6.07, 6.45) is 3.39. The molecule has 2 aliphatic heterocycles. The third-order valence-corrected chi connectivity index (χ3v) is 5.64. The predicted molar refractivity (Wildman–Crippen MR) is 107 cm³/mol. The maximum Gasteiger partial charge on any atom is 0.224 e. The molecule has 0 radical (unpaired) electrons. The molecule has 2 atom stereocenters. The number of halogens is 1. The van der Waals surface area contributed by atoms with Gasteiger partial charge in [0.15, 0.2) is 0 Å². The minimum Gasteiger partial charge on any atom is -0.496 e. The van der Waals surface area contributed by atoms with Crippen molar-refractivity contribution >= 4 is 11.6 Å². The Kier molecular flexibility index (Phi) is 5.59. The average molecular weight is 383 g/mol. The topological polar surface area (TPSA) is 62.4 Å². The van der Waals surface area contributed by atoms with Gasteiger partial charge in [0, 0.05) is 36.3 Å². The van der Waals surface area contributed by atoms with Crippen LogP contribution in [-0.4, -0.2) is 25.6 Å². The Morgan fingerprint density at radius 2 is 2.04 bits per heavy atom. The van der Waals surface area contributed by atoms with Crippen molar-refractivity contribution in [3.63, 3.8) is 0 Å². The van der Waals surface area contributed by atoms with Crippen LogP contribution in [0.15, 0.2) is 36.4 Å². The largest absolute Gasteiger partial charge is 0.496 e. The number of benzene rings is 2. The fraction of sp³-hybridized carbons (Fsp3) is 0.409. The van der Waals surface area contributed by atoms with Gasteiger partial charge >= 0.3 is 0 Å². The number of rotatable bonds is 5. The molecular formula is C22H26FN3O2. The van der Waals surface area contributed by atoms with E-state index in [2.05, 4.69) is 16.0 Å². The lowest BCUT2D eigenvalue weighted by molar-refractivity contribution is -0.116. The van der Waals surface area contributed by atoms with Crippen LogP contribution in [0.3, 0.4) is 0 Å². The van der Waals surface area contributed by atoms with Crippen molar-refractivity contribution in [1.29, 1.82) is 0 Å². The van der Waals surface area contributed by atoms with E-state index < -0.39 is 0 Å². The van der Waals surface area contributed by atoms with Crippen molar-refractivity contribution in [3.8, 4) is 5.75 Å². The molecule has 5 nitrogen and oxygen atoms in total. The van der Waals surface area contributed by atoms with E-state index in [-0.39, 0.29) is 23.8 Å². The predicted octanol–water partition coefficient (Wildman–Crippen LogP) is 3.30. The molecule has 2 unspecified atom stereocenters. The van der Waals surface area contributed by atoms with Crippen LogP contribution in [0, 0.1) is 5.82 Å². The summed E-state index contributed by atoms with van der Waals surface area (Å²) >= 11 is 0. The summed E-state index contributed by atoms with van der Waals surface area (Å²) in [6.45, 7) is 1.59. The smallest absolute Gasteiger partial charge is 0.224 e. The molecule has 2 aliphatic rings. The van der Waals surface area contributed by atoms with Crippen molar-refractivity contribution in [1.82, 2.24) is 10.6 Å². The van der Waals surface area contributed by atoms with E-state index in [9.17, 15) is 9.18 Å². The van der Waals surface area contributed by atoms with Crippen molar-refractivity contribution in [2.75, 3.05) is 19.0 Å². The first-order chi connectivity index (χ1) is 13.6. The van der Waals surface area contributed by atoms with E-state index in [1.54, 1.807) is 7.11 Å². The maximum absolute atomic E-state index is 13.3. The van der Waals surface area contributed by atoms with Crippen LogP contribution < -0.4 is 20.7 Å². The fourth-order valence-electron chi connectivity index (χ4n) is 4.15. The number of fused-ring (bicyclic) bond motifs is 1. The number of aryl methyl sites for hydroxylation is 1. The van der Waals surface area contributed by atoms with Crippen LogP contribution in [0.5, 0.6) is 5.75 Å². The lowest BCUT2D eigenvalue weighted by Gasteiger charge is -2.34. The monoisotopic (exact) mass is 383 g/mol. The highest BCUT2D eigenvalue weighted by atomic mass is 19.1. The molecule has 1 saturated heterocycles. The molecule has 1 amide bonds. The Morgan fingerprint density at radius 1 is 1.21 bits per heavy atom. The van der Waals surface area contributed by atoms with Gasteiger partial charge in [-0.15, -0.1) is 0 Å². The molecule has 4 rings (SSSR count). The number of hydrogen-bond acceptors (Lipinski definition) is 4. The van der Waals surface area contributed by atoms with Crippen LogP contribution in [0.25, 0.3) is 0 Å². The van der Waals surface area contributed by atoms with E-state index in [0.29, 0.717) is 13.0 Å². The van der Waals surface area contributed by atoms with Crippen molar-refractivity contribution < 1.29 is 13.9 Å². The van der Waals surface area contributed by atoms with Gasteiger partial charge in [-0.05, 0) is 61.2 Å². The summed E-state index contributed by atoms with van der Waals surface area (Å²) in [5, 5.41) is 10.2. The zero-order chi connectivity index (χ0) is 19.5. The van der Waals surface area contributed by atoms with Crippen LogP contribution in [0.4, 0.5) is 10.1 Å². The summed E-state index contributed by atoms with van der Waals surface area (Å²) in [7, 11) is 1.68. The number of ether oxygens (including phenoxy) is 1. The van der Waals surface area contributed by atoms with Gasteiger partial charge in [-0.2, -0.15) is 0 Å². The van der Waals surface area contributed by atoms with Crippen LogP contribution in [0.2, 0.25) is 0 Å². The van der Waals surface area contributed by atoms with Gasteiger partial charge in [0.05, 0.1) is 7.11 Å². The minimum absolute atomic E-state index is 0.0597. The number of carbonyl (C=O) groups is 1. The van der Waals surface area contributed by atoms with E-state index in [4.69, 9.17) is 4.74 Å². The summed E-state index contributed by atoms with van der Waals surface area (Å²) in [4.78, 5) is 11.7. The van der Waals surface area contributed by atoms with Crippen LogP contribution >= 0.6 is 0 Å². The number of amides is 1. The molecule has 2 aromatic carbocycles. The lowest BCUT2D eigenvalue weighted by atomic mass is 9.92. The highest BCUT2D eigenvalue weighted by Gasteiger charge is 2.26. The molecule has 6 heteroatoms. The van der Waals surface area contributed by atoms with Crippen molar-refractivity contribution in [2.24, 2.45) is 0 Å². The second-order valence-electron chi connectivity index (χ2n) is 7.48. The first-order valence-electron chi connectivity index (χ1n) is 9.86. The Morgan fingerprint density at radius 3 is 2.82 bits per heavy atom. The van der Waals surface area contributed by atoms with Crippen LogP contribution in [-0.2, 0) is 17.8 Å². The van der Waals surface area contributed by atoms with Gasteiger partial charge in [-0.25, -0.2) is 4.39 Å². The minimum atomic E-state index is -0.218. The molecule has 28 heavy (non-hydrogen) atoms. The SMILES string of the molecule is COc1cc2c(cc1CNC1CCCNC1c1ccc(F)cc1)NC(=O)CC2. The lowest BCUT2D eigenvalue weighted by Crippen LogP contribution is -2.45. The molecule has 2 aromatic rings. The molecule has 3 N–H and O–H groups in total. The Bertz CT molecular complexity index is 854.